The first-order chi connectivity index (χ1) is 8.60. The molecule has 0 amide bonds. The Bertz CT molecular complexity index is 566. The number of benzene rings is 2. The van der Waals surface area contributed by atoms with Crippen molar-refractivity contribution in [3.8, 4) is 11.5 Å². The number of rotatable bonds is 3. The van der Waals surface area contributed by atoms with Gasteiger partial charge >= 0.3 is 0 Å². The molecule has 18 heavy (non-hydrogen) atoms. The molecule has 2 aromatic carbocycles. The smallest absolute Gasteiger partial charge is 0.127 e. The van der Waals surface area contributed by atoms with Crippen molar-refractivity contribution in [1.82, 2.24) is 0 Å². The summed E-state index contributed by atoms with van der Waals surface area (Å²) in [7, 11) is 0. The Morgan fingerprint density at radius 2 is 1.61 bits per heavy atom. The van der Waals surface area contributed by atoms with Crippen LogP contribution >= 0.6 is 11.6 Å². The lowest BCUT2D eigenvalue weighted by Gasteiger charge is -2.09. The highest BCUT2D eigenvalue weighted by Crippen LogP contribution is 2.25. The van der Waals surface area contributed by atoms with E-state index in [2.05, 4.69) is 0 Å². The van der Waals surface area contributed by atoms with E-state index < -0.39 is 0 Å². The molecule has 0 atom stereocenters. The SMILES string of the molecule is Cc1cc(Oc2ccc(CCl)c(C)c2)ccc1F. The average Bonchev–Trinajstić information content (AvgIpc) is 2.34. The van der Waals surface area contributed by atoms with Gasteiger partial charge in [0.1, 0.15) is 17.3 Å². The van der Waals surface area contributed by atoms with E-state index >= 15 is 0 Å². The summed E-state index contributed by atoms with van der Waals surface area (Å²) < 4.78 is 18.8. The molecule has 0 aliphatic carbocycles. The van der Waals surface area contributed by atoms with E-state index in [0.29, 0.717) is 17.2 Å². The summed E-state index contributed by atoms with van der Waals surface area (Å²) >= 11 is 5.80. The fourth-order valence-corrected chi connectivity index (χ4v) is 2.00. The zero-order valence-electron chi connectivity index (χ0n) is 10.3. The summed E-state index contributed by atoms with van der Waals surface area (Å²) in [6, 6.07) is 10.4. The molecule has 0 bridgehead atoms. The predicted octanol–water partition coefficient (Wildman–Crippen LogP) is 4.97. The molecule has 0 N–H and O–H groups in total. The molecule has 0 fully saturated rings. The second-order valence-corrected chi connectivity index (χ2v) is 4.50. The zero-order chi connectivity index (χ0) is 13.1. The minimum atomic E-state index is -0.226. The second-order valence-electron chi connectivity index (χ2n) is 4.23. The number of ether oxygens (including phenoxy) is 1. The lowest BCUT2D eigenvalue weighted by molar-refractivity contribution is 0.479. The van der Waals surface area contributed by atoms with E-state index in [1.54, 1.807) is 19.1 Å². The third-order valence-electron chi connectivity index (χ3n) is 2.82. The molecule has 0 aliphatic heterocycles. The van der Waals surface area contributed by atoms with Crippen LogP contribution in [0.3, 0.4) is 0 Å². The largest absolute Gasteiger partial charge is 0.457 e. The van der Waals surface area contributed by atoms with Gasteiger partial charge in [-0.05, 0) is 60.9 Å². The van der Waals surface area contributed by atoms with Gasteiger partial charge in [-0.2, -0.15) is 0 Å². The molecular formula is C15H14ClFO. The number of halogens is 2. The van der Waals surface area contributed by atoms with Gasteiger partial charge in [0, 0.05) is 5.88 Å². The molecule has 0 aliphatic rings. The summed E-state index contributed by atoms with van der Waals surface area (Å²) in [5.41, 5.74) is 2.74. The van der Waals surface area contributed by atoms with Crippen molar-refractivity contribution in [3.05, 3.63) is 58.9 Å². The lowest BCUT2D eigenvalue weighted by Crippen LogP contribution is -1.90. The Labute approximate surface area is 111 Å². The number of alkyl halides is 1. The molecule has 0 heterocycles. The predicted molar refractivity (Wildman–Crippen MR) is 71.9 cm³/mol. The third kappa shape index (κ3) is 2.82. The van der Waals surface area contributed by atoms with Crippen molar-refractivity contribution in [2.24, 2.45) is 0 Å². The van der Waals surface area contributed by atoms with Crippen molar-refractivity contribution < 1.29 is 9.13 Å². The topological polar surface area (TPSA) is 9.23 Å². The summed E-state index contributed by atoms with van der Waals surface area (Å²) in [5, 5.41) is 0. The standard InChI is InChI=1S/C15H14ClFO/c1-10-7-13(4-3-12(10)9-16)18-14-5-6-15(17)11(2)8-14/h3-8H,9H2,1-2H3. The van der Waals surface area contributed by atoms with Gasteiger partial charge in [-0.3, -0.25) is 0 Å². The van der Waals surface area contributed by atoms with Crippen LogP contribution in [0.4, 0.5) is 4.39 Å². The second kappa shape index (κ2) is 5.40. The molecule has 0 aromatic heterocycles. The number of hydrogen-bond acceptors (Lipinski definition) is 1. The molecular weight excluding hydrogens is 251 g/mol. The van der Waals surface area contributed by atoms with Crippen LogP contribution in [0, 0.1) is 19.7 Å². The first kappa shape index (κ1) is 12.9. The van der Waals surface area contributed by atoms with Gasteiger partial charge in [0.25, 0.3) is 0 Å². The Morgan fingerprint density at radius 1 is 1.00 bits per heavy atom. The zero-order valence-corrected chi connectivity index (χ0v) is 11.1. The van der Waals surface area contributed by atoms with Crippen LogP contribution in [0.25, 0.3) is 0 Å². The van der Waals surface area contributed by atoms with Crippen LogP contribution in [0.15, 0.2) is 36.4 Å². The van der Waals surface area contributed by atoms with Crippen molar-refractivity contribution in [2.75, 3.05) is 0 Å². The fraction of sp³-hybridized carbons (Fsp3) is 0.200. The normalized spacial score (nSPS) is 10.4. The summed E-state index contributed by atoms with van der Waals surface area (Å²) in [4.78, 5) is 0. The van der Waals surface area contributed by atoms with Gasteiger partial charge in [-0.15, -0.1) is 11.6 Å². The van der Waals surface area contributed by atoms with Crippen LogP contribution in [-0.2, 0) is 5.88 Å². The first-order valence-corrected chi connectivity index (χ1v) is 6.23. The Hall–Kier alpha value is -1.54. The number of hydrogen-bond donors (Lipinski definition) is 0. The molecule has 2 aromatic rings. The van der Waals surface area contributed by atoms with Crippen LogP contribution in [0.1, 0.15) is 16.7 Å². The Kier molecular flexibility index (Phi) is 3.87. The van der Waals surface area contributed by atoms with Gasteiger partial charge in [0.15, 0.2) is 0 Å². The minimum absolute atomic E-state index is 0.226. The van der Waals surface area contributed by atoms with E-state index in [9.17, 15) is 4.39 Å². The van der Waals surface area contributed by atoms with Gasteiger partial charge in [0.05, 0.1) is 0 Å². The highest BCUT2D eigenvalue weighted by atomic mass is 35.5. The third-order valence-corrected chi connectivity index (χ3v) is 3.11. The fourth-order valence-electron chi connectivity index (χ4n) is 1.70. The van der Waals surface area contributed by atoms with Crippen LogP contribution in [-0.4, -0.2) is 0 Å². The molecule has 0 radical (unpaired) electrons. The van der Waals surface area contributed by atoms with Crippen LogP contribution < -0.4 is 4.74 Å². The molecule has 0 spiro atoms. The summed E-state index contributed by atoms with van der Waals surface area (Å²) in [5.74, 6) is 1.62. The quantitative estimate of drug-likeness (QED) is 0.711. The lowest BCUT2D eigenvalue weighted by atomic mass is 10.1. The first-order valence-electron chi connectivity index (χ1n) is 5.69. The van der Waals surface area contributed by atoms with E-state index in [-0.39, 0.29) is 5.82 Å². The monoisotopic (exact) mass is 264 g/mol. The van der Waals surface area contributed by atoms with E-state index in [1.165, 1.54) is 6.07 Å². The van der Waals surface area contributed by atoms with Gasteiger partial charge in [-0.25, -0.2) is 4.39 Å². The maximum Gasteiger partial charge on any atom is 0.127 e. The molecule has 2 rings (SSSR count). The van der Waals surface area contributed by atoms with Crippen LogP contribution in [0.2, 0.25) is 0 Å². The van der Waals surface area contributed by atoms with Crippen LogP contribution in [0.5, 0.6) is 11.5 Å². The molecule has 0 saturated carbocycles. The van der Waals surface area contributed by atoms with E-state index in [4.69, 9.17) is 16.3 Å². The highest BCUT2D eigenvalue weighted by Gasteiger charge is 2.03. The molecule has 1 nitrogen and oxygen atoms in total. The Morgan fingerprint density at radius 3 is 2.17 bits per heavy atom. The van der Waals surface area contributed by atoms with Gasteiger partial charge < -0.3 is 4.74 Å². The minimum Gasteiger partial charge on any atom is -0.457 e. The van der Waals surface area contributed by atoms with Gasteiger partial charge in [0.2, 0.25) is 0 Å². The molecule has 3 heteroatoms. The Balaban J connectivity index is 2.23. The van der Waals surface area contributed by atoms with E-state index in [0.717, 1.165) is 16.9 Å². The maximum absolute atomic E-state index is 13.1. The molecule has 0 saturated heterocycles. The molecule has 0 unspecified atom stereocenters. The summed E-state index contributed by atoms with van der Waals surface area (Å²) in [6.07, 6.45) is 0. The molecule has 94 valence electrons. The van der Waals surface area contributed by atoms with Crippen molar-refractivity contribution >= 4 is 11.6 Å². The maximum atomic E-state index is 13.1. The van der Waals surface area contributed by atoms with Crippen molar-refractivity contribution in [3.63, 3.8) is 0 Å². The van der Waals surface area contributed by atoms with Gasteiger partial charge in [-0.1, -0.05) is 6.07 Å². The highest BCUT2D eigenvalue weighted by molar-refractivity contribution is 6.17. The van der Waals surface area contributed by atoms with E-state index in [1.807, 2.05) is 25.1 Å². The van der Waals surface area contributed by atoms with Crippen molar-refractivity contribution in [1.29, 1.82) is 0 Å². The average molecular weight is 265 g/mol. The number of aryl methyl sites for hydroxylation is 2. The summed E-state index contributed by atoms with van der Waals surface area (Å²) in [6.45, 7) is 3.70. The van der Waals surface area contributed by atoms with Crippen molar-refractivity contribution in [2.45, 2.75) is 19.7 Å².